The highest BCUT2D eigenvalue weighted by molar-refractivity contribution is 6.29. The maximum atomic E-state index is 6.54. The van der Waals surface area contributed by atoms with Crippen molar-refractivity contribution in [3.8, 4) is 39.3 Å². The van der Waals surface area contributed by atoms with Crippen molar-refractivity contribution >= 4 is 87.4 Å². The second-order valence-electron chi connectivity index (χ2n) is 16.8. The van der Waals surface area contributed by atoms with E-state index in [0.29, 0.717) is 0 Å². The molecule has 0 atom stereocenters. The summed E-state index contributed by atoms with van der Waals surface area (Å²) in [7, 11) is 0. The molecular formula is C60H37N3O. The molecule has 4 nitrogen and oxygen atoms in total. The molecule has 4 heteroatoms. The fraction of sp³-hybridized carbons (Fsp3) is 0. The standard InChI is InChI=1S/C60H37N3O/c1-3-17-39(18-4-1)61-49-28-11-7-21-42(49)48-37-38(33-34-52(48)61)41-25-15-27-44(43-26-16-32-56-57(43)47-24-10-14-31-55(47)64-56)60(41)63-51-30-13-9-23-46(51)59-54(63)36-35-53-58(59)45-22-8-12-29-50(45)62(53)40-19-5-2-6-20-40/h1-37H. The first-order valence-electron chi connectivity index (χ1n) is 21.9. The Balaban J connectivity index is 1.13. The van der Waals surface area contributed by atoms with Gasteiger partial charge in [-0.1, -0.05) is 146 Å². The molecule has 0 aliphatic heterocycles. The van der Waals surface area contributed by atoms with Gasteiger partial charge in [-0.3, -0.25) is 0 Å². The molecule has 14 aromatic rings. The van der Waals surface area contributed by atoms with Crippen molar-refractivity contribution < 1.29 is 4.42 Å². The van der Waals surface area contributed by atoms with Crippen molar-refractivity contribution in [1.29, 1.82) is 0 Å². The minimum absolute atomic E-state index is 0.878. The van der Waals surface area contributed by atoms with Crippen LogP contribution in [0.5, 0.6) is 0 Å². The molecule has 64 heavy (non-hydrogen) atoms. The van der Waals surface area contributed by atoms with Gasteiger partial charge in [0.2, 0.25) is 0 Å². The van der Waals surface area contributed by atoms with Crippen LogP contribution in [0.15, 0.2) is 229 Å². The molecule has 0 saturated carbocycles. The lowest BCUT2D eigenvalue weighted by atomic mass is 9.92. The van der Waals surface area contributed by atoms with E-state index in [0.717, 1.165) is 72.3 Å². The van der Waals surface area contributed by atoms with Gasteiger partial charge in [-0.05, 0) is 90.0 Å². The summed E-state index contributed by atoms with van der Waals surface area (Å²) < 4.78 is 13.9. The molecule has 10 aromatic carbocycles. The molecule has 0 aliphatic rings. The number of aromatic nitrogens is 3. The molecule has 14 rings (SSSR count). The summed E-state index contributed by atoms with van der Waals surface area (Å²) in [6, 6.07) is 81.5. The first-order chi connectivity index (χ1) is 31.8. The van der Waals surface area contributed by atoms with E-state index in [2.05, 4.69) is 238 Å². The Kier molecular flexibility index (Phi) is 7.36. The van der Waals surface area contributed by atoms with Gasteiger partial charge in [-0.2, -0.15) is 0 Å². The lowest BCUT2D eigenvalue weighted by molar-refractivity contribution is 0.669. The van der Waals surface area contributed by atoms with Crippen LogP contribution in [0.2, 0.25) is 0 Å². The fourth-order valence-electron chi connectivity index (χ4n) is 10.8. The highest BCUT2D eigenvalue weighted by atomic mass is 16.3. The zero-order valence-electron chi connectivity index (χ0n) is 34.6. The van der Waals surface area contributed by atoms with Crippen LogP contribution < -0.4 is 0 Å². The third-order valence-electron chi connectivity index (χ3n) is 13.4. The largest absolute Gasteiger partial charge is 0.456 e. The van der Waals surface area contributed by atoms with Gasteiger partial charge < -0.3 is 18.1 Å². The molecule has 0 unspecified atom stereocenters. The summed E-state index contributed by atoms with van der Waals surface area (Å²) in [4.78, 5) is 0. The predicted octanol–water partition coefficient (Wildman–Crippen LogP) is 16.2. The van der Waals surface area contributed by atoms with Gasteiger partial charge in [-0.25, -0.2) is 0 Å². The topological polar surface area (TPSA) is 27.9 Å². The molecule has 0 saturated heterocycles. The van der Waals surface area contributed by atoms with Crippen molar-refractivity contribution in [3.63, 3.8) is 0 Å². The van der Waals surface area contributed by atoms with Gasteiger partial charge in [0.25, 0.3) is 0 Å². The van der Waals surface area contributed by atoms with Crippen LogP contribution in [-0.2, 0) is 0 Å². The molecule has 0 radical (unpaired) electrons. The number of hydrogen-bond acceptors (Lipinski definition) is 1. The number of nitrogens with zero attached hydrogens (tertiary/aromatic N) is 3. The van der Waals surface area contributed by atoms with E-state index in [9.17, 15) is 0 Å². The highest BCUT2D eigenvalue weighted by Crippen LogP contribution is 2.48. The zero-order valence-corrected chi connectivity index (χ0v) is 34.6. The number of hydrogen-bond donors (Lipinski definition) is 0. The Hall–Kier alpha value is -8.60. The molecule has 0 fully saturated rings. The normalized spacial score (nSPS) is 12.1. The molecule has 298 valence electrons. The van der Waals surface area contributed by atoms with Gasteiger partial charge in [-0.15, -0.1) is 0 Å². The van der Waals surface area contributed by atoms with Crippen LogP contribution >= 0.6 is 0 Å². The van der Waals surface area contributed by atoms with E-state index >= 15 is 0 Å². The molecule has 0 spiro atoms. The Labute approximate surface area is 367 Å². The second-order valence-corrected chi connectivity index (χ2v) is 16.8. The second kappa shape index (κ2) is 13.4. The fourth-order valence-corrected chi connectivity index (χ4v) is 10.8. The van der Waals surface area contributed by atoms with Crippen molar-refractivity contribution in [2.75, 3.05) is 0 Å². The Bertz CT molecular complexity index is 4180. The van der Waals surface area contributed by atoms with Crippen LogP contribution in [0.4, 0.5) is 0 Å². The van der Waals surface area contributed by atoms with Crippen molar-refractivity contribution in [1.82, 2.24) is 13.7 Å². The first kappa shape index (κ1) is 35.0. The van der Waals surface area contributed by atoms with Gasteiger partial charge in [0, 0.05) is 65.6 Å². The van der Waals surface area contributed by atoms with Crippen molar-refractivity contribution in [2.24, 2.45) is 0 Å². The number of rotatable bonds is 5. The Morgan fingerprint density at radius 1 is 0.266 bits per heavy atom. The van der Waals surface area contributed by atoms with Gasteiger partial charge >= 0.3 is 0 Å². The average molecular weight is 816 g/mol. The van der Waals surface area contributed by atoms with Gasteiger partial charge in [0.1, 0.15) is 11.2 Å². The van der Waals surface area contributed by atoms with Gasteiger partial charge in [0.15, 0.2) is 0 Å². The Morgan fingerprint density at radius 2 is 0.734 bits per heavy atom. The summed E-state index contributed by atoms with van der Waals surface area (Å²) in [5.41, 5.74) is 16.8. The average Bonchev–Trinajstić information content (AvgIpc) is 4.10. The van der Waals surface area contributed by atoms with Crippen LogP contribution in [0.3, 0.4) is 0 Å². The van der Waals surface area contributed by atoms with E-state index in [1.54, 1.807) is 0 Å². The maximum absolute atomic E-state index is 6.54. The monoisotopic (exact) mass is 815 g/mol. The lowest BCUT2D eigenvalue weighted by Gasteiger charge is -2.20. The van der Waals surface area contributed by atoms with Crippen LogP contribution in [0, 0.1) is 0 Å². The van der Waals surface area contributed by atoms with Crippen LogP contribution in [0.1, 0.15) is 0 Å². The molecule has 0 N–H and O–H groups in total. The van der Waals surface area contributed by atoms with E-state index in [4.69, 9.17) is 4.42 Å². The van der Waals surface area contributed by atoms with Gasteiger partial charge in [0.05, 0.1) is 38.8 Å². The van der Waals surface area contributed by atoms with E-state index < -0.39 is 0 Å². The molecule has 0 aliphatic carbocycles. The molecular weight excluding hydrogens is 779 g/mol. The van der Waals surface area contributed by atoms with E-state index in [-0.39, 0.29) is 0 Å². The summed E-state index contributed by atoms with van der Waals surface area (Å²) in [6.07, 6.45) is 0. The molecule has 0 bridgehead atoms. The minimum atomic E-state index is 0.878. The van der Waals surface area contributed by atoms with Crippen molar-refractivity contribution in [2.45, 2.75) is 0 Å². The maximum Gasteiger partial charge on any atom is 0.136 e. The highest BCUT2D eigenvalue weighted by Gasteiger charge is 2.25. The predicted molar refractivity (Wildman–Crippen MR) is 268 cm³/mol. The first-order valence-corrected chi connectivity index (χ1v) is 21.9. The number of para-hydroxylation sites is 7. The number of furan rings is 1. The summed E-state index contributed by atoms with van der Waals surface area (Å²) in [5, 5.41) is 9.62. The van der Waals surface area contributed by atoms with Crippen LogP contribution in [-0.4, -0.2) is 13.7 Å². The quantitative estimate of drug-likeness (QED) is 0.170. The Morgan fingerprint density at radius 3 is 1.44 bits per heavy atom. The SMILES string of the molecule is c1ccc(-n2c3ccccc3c3cc(-c4cccc(-c5cccc6oc7ccccc7c56)c4-n4c5ccccc5c5c6c7ccccc7n(-c7ccccc7)c6ccc54)ccc32)cc1. The van der Waals surface area contributed by atoms with E-state index in [1.165, 1.54) is 54.4 Å². The third kappa shape index (κ3) is 4.88. The van der Waals surface area contributed by atoms with E-state index in [1.807, 2.05) is 0 Å². The minimum Gasteiger partial charge on any atom is -0.456 e. The summed E-state index contributed by atoms with van der Waals surface area (Å²) in [5.74, 6) is 0. The molecule has 0 amide bonds. The van der Waals surface area contributed by atoms with Crippen molar-refractivity contribution in [3.05, 3.63) is 224 Å². The number of fused-ring (bicyclic) bond motifs is 13. The van der Waals surface area contributed by atoms with Crippen LogP contribution in [0.25, 0.3) is 127 Å². The molecule has 4 heterocycles. The zero-order chi connectivity index (χ0) is 41.9. The third-order valence-corrected chi connectivity index (χ3v) is 13.4. The smallest absolute Gasteiger partial charge is 0.136 e. The molecule has 4 aromatic heterocycles. The number of benzene rings is 10. The summed E-state index contributed by atoms with van der Waals surface area (Å²) >= 11 is 0. The summed E-state index contributed by atoms with van der Waals surface area (Å²) in [6.45, 7) is 0. The lowest BCUT2D eigenvalue weighted by Crippen LogP contribution is -2.01.